The van der Waals surface area contributed by atoms with Crippen LogP contribution in [0.4, 0.5) is 0 Å². The molecule has 0 aliphatic heterocycles. The lowest BCUT2D eigenvalue weighted by atomic mass is 9.97. The Balaban J connectivity index is 1.79. The molecule has 4 heteroatoms. The molecule has 0 spiro atoms. The van der Waals surface area contributed by atoms with E-state index in [4.69, 9.17) is 0 Å². The van der Waals surface area contributed by atoms with Crippen molar-refractivity contribution in [3.8, 4) is 22.5 Å². The number of fused-ring (bicyclic) bond motifs is 3. The topological polar surface area (TPSA) is 51.6 Å². The lowest BCUT2D eigenvalue weighted by Crippen LogP contribution is -1.91. The first-order valence-electron chi connectivity index (χ1n) is 8.40. The molecule has 0 saturated heterocycles. The average Bonchev–Trinajstić information content (AvgIpc) is 2.74. The van der Waals surface area contributed by atoms with Crippen molar-refractivity contribution in [2.45, 2.75) is 0 Å². The van der Waals surface area contributed by atoms with Crippen molar-refractivity contribution in [2.75, 3.05) is 0 Å². The second-order valence-electron chi connectivity index (χ2n) is 6.04. The number of pyridine rings is 4. The monoisotopic (exact) mass is 334 g/mol. The summed E-state index contributed by atoms with van der Waals surface area (Å²) in [6, 6.07) is 20.2. The van der Waals surface area contributed by atoms with Gasteiger partial charge < -0.3 is 0 Å². The highest BCUT2D eigenvalue weighted by molar-refractivity contribution is 6.10. The van der Waals surface area contributed by atoms with Crippen molar-refractivity contribution in [3.05, 3.63) is 85.5 Å². The largest absolute Gasteiger partial charge is 0.255 e. The molecule has 0 N–H and O–H groups in total. The van der Waals surface area contributed by atoms with E-state index in [1.807, 2.05) is 55.0 Å². The van der Waals surface area contributed by atoms with Gasteiger partial charge in [0.15, 0.2) is 0 Å². The summed E-state index contributed by atoms with van der Waals surface area (Å²) in [6.45, 7) is 0. The molecule has 4 heterocycles. The van der Waals surface area contributed by atoms with Crippen LogP contribution in [-0.4, -0.2) is 19.9 Å². The molecule has 0 atom stereocenters. The number of hydrogen-bond acceptors (Lipinski definition) is 4. The molecule has 0 aliphatic carbocycles. The second kappa shape index (κ2) is 6.01. The second-order valence-corrected chi connectivity index (χ2v) is 6.04. The Labute approximate surface area is 150 Å². The molecule has 0 amide bonds. The zero-order valence-corrected chi connectivity index (χ0v) is 13.9. The van der Waals surface area contributed by atoms with Crippen LogP contribution < -0.4 is 0 Å². The van der Waals surface area contributed by atoms with Crippen LogP contribution in [0.5, 0.6) is 0 Å². The standard InChI is InChI=1S/C22H14N4/c1-2-9-23-19(7-1)20-14-15(8-12-24-20)18-13-16-5-3-10-25-21(16)22-17(18)6-4-11-26-22/h1-14H. The first kappa shape index (κ1) is 14.7. The van der Waals surface area contributed by atoms with E-state index >= 15 is 0 Å². The fourth-order valence-corrected chi connectivity index (χ4v) is 3.27. The number of rotatable bonds is 2. The fourth-order valence-electron chi connectivity index (χ4n) is 3.27. The van der Waals surface area contributed by atoms with Gasteiger partial charge in [-0.15, -0.1) is 0 Å². The summed E-state index contributed by atoms with van der Waals surface area (Å²) in [5.41, 5.74) is 5.76. The van der Waals surface area contributed by atoms with Gasteiger partial charge in [-0.1, -0.05) is 18.2 Å². The molecule has 0 fully saturated rings. The Morgan fingerprint density at radius 3 is 2.23 bits per heavy atom. The molecule has 5 rings (SSSR count). The van der Waals surface area contributed by atoms with Gasteiger partial charge in [0.2, 0.25) is 0 Å². The summed E-state index contributed by atoms with van der Waals surface area (Å²) in [5, 5.41) is 2.15. The third-order valence-electron chi connectivity index (χ3n) is 4.46. The Bertz CT molecular complexity index is 1230. The van der Waals surface area contributed by atoms with Crippen molar-refractivity contribution in [1.29, 1.82) is 0 Å². The van der Waals surface area contributed by atoms with Crippen LogP contribution in [0, 0.1) is 0 Å². The maximum absolute atomic E-state index is 4.59. The van der Waals surface area contributed by atoms with Crippen LogP contribution >= 0.6 is 0 Å². The summed E-state index contributed by atoms with van der Waals surface area (Å²) in [7, 11) is 0. The summed E-state index contributed by atoms with van der Waals surface area (Å²) >= 11 is 0. The maximum atomic E-state index is 4.59. The van der Waals surface area contributed by atoms with Crippen LogP contribution in [0.25, 0.3) is 44.3 Å². The van der Waals surface area contributed by atoms with Crippen molar-refractivity contribution >= 4 is 21.8 Å². The maximum Gasteiger partial charge on any atom is 0.0970 e. The quantitative estimate of drug-likeness (QED) is 0.431. The van der Waals surface area contributed by atoms with Gasteiger partial charge in [-0.05, 0) is 53.6 Å². The Morgan fingerprint density at radius 2 is 1.35 bits per heavy atom. The van der Waals surface area contributed by atoms with Crippen molar-refractivity contribution in [3.63, 3.8) is 0 Å². The SMILES string of the molecule is c1ccc(-c2cc(-c3cc4cccnc4c4ncccc34)ccn2)nc1. The Morgan fingerprint density at radius 1 is 0.538 bits per heavy atom. The molecule has 4 nitrogen and oxygen atoms in total. The number of benzene rings is 1. The van der Waals surface area contributed by atoms with E-state index in [-0.39, 0.29) is 0 Å². The minimum Gasteiger partial charge on any atom is -0.255 e. The molecule has 26 heavy (non-hydrogen) atoms. The highest BCUT2D eigenvalue weighted by atomic mass is 14.8. The molecule has 0 radical (unpaired) electrons. The minimum absolute atomic E-state index is 0.853. The van der Waals surface area contributed by atoms with Gasteiger partial charge in [-0.3, -0.25) is 19.9 Å². The van der Waals surface area contributed by atoms with Crippen molar-refractivity contribution in [2.24, 2.45) is 0 Å². The van der Waals surface area contributed by atoms with E-state index in [2.05, 4.69) is 44.2 Å². The van der Waals surface area contributed by atoms with Gasteiger partial charge in [0.25, 0.3) is 0 Å². The van der Waals surface area contributed by atoms with E-state index in [1.54, 1.807) is 6.20 Å². The number of hydrogen-bond donors (Lipinski definition) is 0. The van der Waals surface area contributed by atoms with Gasteiger partial charge in [0.05, 0.1) is 22.4 Å². The zero-order valence-electron chi connectivity index (χ0n) is 13.9. The minimum atomic E-state index is 0.853. The zero-order chi connectivity index (χ0) is 17.3. The lowest BCUT2D eigenvalue weighted by Gasteiger charge is -2.10. The smallest absolute Gasteiger partial charge is 0.0970 e. The molecule has 122 valence electrons. The molecular formula is C22H14N4. The summed E-state index contributed by atoms with van der Waals surface area (Å²) in [4.78, 5) is 18.0. The lowest BCUT2D eigenvalue weighted by molar-refractivity contribution is 1.25. The molecular weight excluding hydrogens is 320 g/mol. The first-order chi connectivity index (χ1) is 12.9. The molecule has 4 aromatic heterocycles. The summed E-state index contributed by atoms with van der Waals surface area (Å²) in [5.74, 6) is 0. The van der Waals surface area contributed by atoms with Crippen LogP contribution in [0.3, 0.4) is 0 Å². The van der Waals surface area contributed by atoms with E-state index in [9.17, 15) is 0 Å². The van der Waals surface area contributed by atoms with Crippen LogP contribution in [0.15, 0.2) is 85.5 Å². The Kier molecular flexibility index (Phi) is 3.39. The number of aromatic nitrogens is 4. The molecule has 0 unspecified atom stereocenters. The van der Waals surface area contributed by atoms with Crippen LogP contribution in [-0.2, 0) is 0 Å². The van der Waals surface area contributed by atoms with Gasteiger partial charge in [0.1, 0.15) is 0 Å². The highest BCUT2D eigenvalue weighted by Gasteiger charge is 2.11. The highest BCUT2D eigenvalue weighted by Crippen LogP contribution is 2.33. The van der Waals surface area contributed by atoms with Gasteiger partial charge in [-0.25, -0.2) is 0 Å². The molecule has 0 saturated carbocycles. The van der Waals surface area contributed by atoms with E-state index in [0.717, 1.165) is 44.3 Å². The van der Waals surface area contributed by atoms with E-state index < -0.39 is 0 Å². The van der Waals surface area contributed by atoms with E-state index in [0.29, 0.717) is 0 Å². The van der Waals surface area contributed by atoms with Crippen LogP contribution in [0.1, 0.15) is 0 Å². The average molecular weight is 334 g/mol. The predicted molar refractivity (Wildman–Crippen MR) is 104 cm³/mol. The predicted octanol–water partition coefficient (Wildman–Crippen LogP) is 4.91. The molecule has 1 aromatic carbocycles. The van der Waals surface area contributed by atoms with Crippen molar-refractivity contribution < 1.29 is 0 Å². The third kappa shape index (κ3) is 2.40. The summed E-state index contributed by atoms with van der Waals surface area (Å²) in [6.07, 6.45) is 7.23. The third-order valence-corrected chi connectivity index (χ3v) is 4.46. The normalized spacial score (nSPS) is 11.1. The first-order valence-corrected chi connectivity index (χ1v) is 8.40. The Hall–Kier alpha value is -3.66. The van der Waals surface area contributed by atoms with Gasteiger partial charge in [0, 0.05) is 35.6 Å². The number of nitrogens with zero attached hydrogens (tertiary/aromatic N) is 4. The van der Waals surface area contributed by atoms with Gasteiger partial charge >= 0.3 is 0 Å². The van der Waals surface area contributed by atoms with E-state index in [1.165, 1.54) is 0 Å². The van der Waals surface area contributed by atoms with Crippen molar-refractivity contribution in [1.82, 2.24) is 19.9 Å². The molecule has 5 aromatic rings. The molecule has 0 aliphatic rings. The summed E-state index contributed by atoms with van der Waals surface area (Å²) < 4.78 is 0. The van der Waals surface area contributed by atoms with Gasteiger partial charge in [-0.2, -0.15) is 0 Å². The van der Waals surface area contributed by atoms with Crippen LogP contribution in [0.2, 0.25) is 0 Å². The fraction of sp³-hybridized carbons (Fsp3) is 0. The molecule has 0 bridgehead atoms.